The van der Waals surface area contributed by atoms with Crippen LogP contribution < -0.4 is 5.22 Å². The number of hydrogen-bond acceptors (Lipinski definition) is 0. The topological polar surface area (TPSA) is 4.41 Å². The molecule has 2 heterocycles. The van der Waals surface area contributed by atoms with Crippen LogP contribution in [0.4, 0.5) is 0 Å². The standard InChI is InChI=1S/C40H37N/c1-8-12-29-16-20-33-32-19-17-30(28-13-10-9-11-14-28)22-35(32)41-38-25(3)31-18-15-27(23-40(5,6)7)21-34(31)24(2)36(38)26(4)37(29)39(33)41/h8-22H,4,23H2,1-3,5-7H3/b12-8-. The molecule has 41 heavy (non-hydrogen) atoms. The van der Waals surface area contributed by atoms with Gasteiger partial charge in [-0.1, -0.05) is 112 Å². The summed E-state index contributed by atoms with van der Waals surface area (Å²) < 4.78 is 2.55. The predicted molar refractivity (Wildman–Crippen MR) is 181 cm³/mol. The van der Waals surface area contributed by atoms with E-state index in [1.54, 1.807) is 0 Å². The van der Waals surface area contributed by atoms with Crippen LogP contribution in [0.15, 0.2) is 84.9 Å². The summed E-state index contributed by atoms with van der Waals surface area (Å²) in [7, 11) is 0. The van der Waals surface area contributed by atoms with E-state index in [-0.39, 0.29) is 5.41 Å². The Morgan fingerprint density at radius 2 is 1.44 bits per heavy atom. The monoisotopic (exact) mass is 531 g/mol. The SMILES string of the molecule is C=c1c2c(C)c3cc(CC(C)(C)C)ccc3c(C)c2n2c3cc(-c4ccccc4)ccc3c3ccc(/C=C\C)c1c32. The highest BCUT2D eigenvalue weighted by Gasteiger charge is 2.22. The molecule has 0 saturated carbocycles. The molecule has 0 N–H and O–H groups in total. The Morgan fingerprint density at radius 1 is 0.707 bits per heavy atom. The lowest BCUT2D eigenvalue weighted by Gasteiger charge is -2.21. The summed E-state index contributed by atoms with van der Waals surface area (Å²) in [6, 6.07) is 29.4. The minimum atomic E-state index is 0.237. The van der Waals surface area contributed by atoms with Crippen molar-refractivity contribution in [2.75, 3.05) is 0 Å². The molecule has 0 atom stereocenters. The van der Waals surface area contributed by atoms with Crippen LogP contribution in [0.25, 0.3) is 72.6 Å². The largest absolute Gasteiger partial charge is 0.308 e. The zero-order chi connectivity index (χ0) is 28.6. The first kappa shape index (κ1) is 25.6. The highest BCUT2D eigenvalue weighted by atomic mass is 14.9. The summed E-state index contributed by atoms with van der Waals surface area (Å²) in [4.78, 5) is 0. The van der Waals surface area contributed by atoms with Gasteiger partial charge < -0.3 is 4.40 Å². The van der Waals surface area contributed by atoms with Crippen molar-refractivity contribution < 1.29 is 0 Å². The molecule has 7 aromatic rings. The Bertz CT molecular complexity index is 2240. The third kappa shape index (κ3) is 3.83. The number of rotatable bonds is 3. The van der Waals surface area contributed by atoms with Crippen molar-refractivity contribution in [3.8, 4) is 11.1 Å². The number of pyridine rings is 1. The van der Waals surface area contributed by atoms with Gasteiger partial charge in [-0.05, 0) is 88.0 Å². The first-order valence-corrected chi connectivity index (χ1v) is 14.7. The van der Waals surface area contributed by atoms with Gasteiger partial charge in [0, 0.05) is 21.5 Å². The minimum absolute atomic E-state index is 0.237. The highest BCUT2D eigenvalue weighted by molar-refractivity contribution is 6.21. The van der Waals surface area contributed by atoms with E-state index in [0.29, 0.717) is 0 Å². The van der Waals surface area contributed by atoms with Gasteiger partial charge in [-0.15, -0.1) is 0 Å². The predicted octanol–water partition coefficient (Wildman–Crippen LogP) is 10.6. The zero-order valence-corrected chi connectivity index (χ0v) is 25.0. The number of allylic oxidation sites excluding steroid dienone is 1. The maximum Gasteiger partial charge on any atom is 0.0625 e. The maximum absolute atomic E-state index is 4.80. The number of benzene rings is 5. The Labute approximate surface area is 242 Å². The molecule has 202 valence electrons. The fourth-order valence-corrected chi connectivity index (χ4v) is 7.15. The molecule has 0 saturated heterocycles. The van der Waals surface area contributed by atoms with E-state index < -0.39 is 0 Å². The van der Waals surface area contributed by atoms with E-state index in [1.807, 2.05) is 0 Å². The molecule has 7 rings (SSSR count). The second-order valence-corrected chi connectivity index (χ2v) is 12.9. The van der Waals surface area contributed by atoms with Crippen LogP contribution in [-0.2, 0) is 6.42 Å². The van der Waals surface area contributed by atoms with Crippen molar-refractivity contribution in [2.45, 2.75) is 48.0 Å². The number of fused-ring (bicyclic) bond motifs is 6. The number of hydrogen-bond donors (Lipinski definition) is 0. The summed E-state index contributed by atoms with van der Waals surface area (Å²) in [6.45, 7) is 18.4. The Kier molecular flexibility index (Phi) is 5.67. The Morgan fingerprint density at radius 3 is 2.17 bits per heavy atom. The fraction of sp³-hybridized carbons (Fsp3) is 0.200. The van der Waals surface area contributed by atoms with Crippen LogP contribution in [0, 0.1) is 19.3 Å². The highest BCUT2D eigenvalue weighted by Crippen LogP contribution is 2.41. The van der Waals surface area contributed by atoms with Crippen molar-refractivity contribution in [3.63, 3.8) is 0 Å². The summed E-state index contributed by atoms with van der Waals surface area (Å²) in [5, 5.41) is 8.89. The van der Waals surface area contributed by atoms with E-state index in [4.69, 9.17) is 6.58 Å². The third-order valence-electron chi connectivity index (χ3n) is 8.84. The normalized spacial score (nSPS) is 12.7. The van der Waals surface area contributed by atoms with Crippen LogP contribution in [0.3, 0.4) is 0 Å². The van der Waals surface area contributed by atoms with E-state index in [0.717, 1.165) is 11.6 Å². The molecular weight excluding hydrogens is 494 g/mol. The lowest BCUT2D eigenvalue weighted by molar-refractivity contribution is 0.411. The van der Waals surface area contributed by atoms with Gasteiger partial charge in [0.2, 0.25) is 0 Å². The molecule has 5 aromatic carbocycles. The van der Waals surface area contributed by atoms with E-state index in [2.05, 4.69) is 137 Å². The molecule has 0 fully saturated rings. The molecule has 0 unspecified atom stereocenters. The molecule has 0 radical (unpaired) electrons. The maximum atomic E-state index is 4.80. The Hall–Kier alpha value is -4.36. The van der Waals surface area contributed by atoms with E-state index in [1.165, 1.54) is 82.2 Å². The van der Waals surface area contributed by atoms with Gasteiger partial charge in [0.15, 0.2) is 0 Å². The molecule has 0 aliphatic carbocycles. The summed E-state index contributed by atoms with van der Waals surface area (Å²) in [5.74, 6) is 0. The van der Waals surface area contributed by atoms with E-state index >= 15 is 0 Å². The van der Waals surface area contributed by atoms with Gasteiger partial charge in [-0.25, -0.2) is 0 Å². The molecule has 0 bridgehead atoms. The van der Waals surface area contributed by atoms with Crippen LogP contribution in [0.2, 0.25) is 0 Å². The fourth-order valence-electron chi connectivity index (χ4n) is 7.15. The number of aryl methyl sites for hydroxylation is 2. The van der Waals surface area contributed by atoms with Crippen molar-refractivity contribution in [3.05, 3.63) is 112 Å². The average molecular weight is 532 g/mol. The lowest BCUT2D eigenvalue weighted by atomic mass is 9.86. The smallest absolute Gasteiger partial charge is 0.0625 e. The van der Waals surface area contributed by atoms with Gasteiger partial charge in [0.25, 0.3) is 0 Å². The van der Waals surface area contributed by atoms with Crippen LogP contribution in [-0.4, -0.2) is 4.40 Å². The van der Waals surface area contributed by atoms with E-state index in [9.17, 15) is 0 Å². The number of nitrogens with zero attached hydrogens (tertiary/aromatic N) is 1. The lowest BCUT2D eigenvalue weighted by Crippen LogP contribution is -2.11. The van der Waals surface area contributed by atoms with Gasteiger partial charge in [0.05, 0.1) is 16.6 Å². The zero-order valence-electron chi connectivity index (χ0n) is 25.0. The van der Waals surface area contributed by atoms with Crippen LogP contribution in [0.5, 0.6) is 0 Å². The van der Waals surface area contributed by atoms with Crippen molar-refractivity contribution >= 4 is 61.5 Å². The minimum Gasteiger partial charge on any atom is -0.308 e. The first-order chi connectivity index (χ1) is 19.7. The summed E-state index contributed by atoms with van der Waals surface area (Å²) in [5.41, 5.74) is 11.8. The van der Waals surface area contributed by atoms with Crippen LogP contribution >= 0.6 is 0 Å². The first-order valence-electron chi connectivity index (χ1n) is 14.7. The van der Waals surface area contributed by atoms with Crippen LogP contribution in [0.1, 0.15) is 49.9 Å². The van der Waals surface area contributed by atoms with Crippen molar-refractivity contribution in [1.29, 1.82) is 0 Å². The van der Waals surface area contributed by atoms with Gasteiger partial charge in [-0.2, -0.15) is 0 Å². The third-order valence-corrected chi connectivity index (χ3v) is 8.84. The Balaban J connectivity index is 1.72. The molecule has 0 aliphatic heterocycles. The molecule has 1 nitrogen and oxygen atoms in total. The summed E-state index contributed by atoms with van der Waals surface area (Å²) in [6.07, 6.45) is 5.42. The van der Waals surface area contributed by atoms with Crippen molar-refractivity contribution in [2.24, 2.45) is 5.41 Å². The van der Waals surface area contributed by atoms with Crippen molar-refractivity contribution in [1.82, 2.24) is 4.40 Å². The second-order valence-electron chi connectivity index (χ2n) is 12.9. The molecule has 2 aromatic heterocycles. The van der Waals surface area contributed by atoms with Gasteiger partial charge in [0.1, 0.15) is 0 Å². The number of aromatic nitrogens is 1. The van der Waals surface area contributed by atoms with Gasteiger partial charge >= 0.3 is 0 Å². The summed E-state index contributed by atoms with van der Waals surface area (Å²) >= 11 is 0. The molecule has 0 spiro atoms. The quantitative estimate of drug-likeness (QED) is 0.200. The molecule has 1 heteroatoms. The van der Waals surface area contributed by atoms with Gasteiger partial charge in [-0.3, -0.25) is 0 Å². The second kappa shape index (κ2) is 9.08. The molecule has 0 amide bonds. The molecular formula is C40H37N. The average Bonchev–Trinajstić information content (AvgIpc) is 3.27. The molecule has 0 aliphatic rings.